The zero-order valence-electron chi connectivity index (χ0n) is 17.5. The van der Waals surface area contributed by atoms with Crippen LogP contribution in [0.25, 0.3) is 10.4 Å². The summed E-state index contributed by atoms with van der Waals surface area (Å²) in [5.41, 5.74) is 12.8. The lowest BCUT2D eigenvalue weighted by Crippen LogP contribution is -2.53. The number of amides is 1. The molecule has 0 saturated carbocycles. The Hall–Kier alpha value is -3.68. The number of rotatable bonds is 5. The number of azide groups is 1. The predicted octanol–water partition coefficient (Wildman–Crippen LogP) is 3.94. The Balaban J connectivity index is 1.36. The summed E-state index contributed by atoms with van der Waals surface area (Å²) in [6, 6.07) is 13.8. The lowest BCUT2D eigenvalue weighted by atomic mass is 10.00. The molecule has 0 N–H and O–H groups in total. The smallest absolute Gasteiger partial charge is 0.259 e. The van der Waals surface area contributed by atoms with Crippen molar-refractivity contribution in [2.75, 3.05) is 26.2 Å². The van der Waals surface area contributed by atoms with E-state index in [-0.39, 0.29) is 11.7 Å². The monoisotopic (exact) mass is 431 g/mol. The van der Waals surface area contributed by atoms with Crippen molar-refractivity contribution in [2.24, 2.45) is 10.1 Å². The maximum absolute atomic E-state index is 13.7. The van der Waals surface area contributed by atoms with Crippen LogP contribution in [0.3, 0.4) is 0 Å². The van der Waals surface area contributed by atoms with Gasteiger partial charge in [0.2, 0.25) is 5.96 Å². The van der Waals surface area contributed by atoms with E-state index >= 15 is 0 Å². The van der Waals surface area contributed by atoms with Crippen molar-refractivity contribution in [1.82, 2.24) is 14.7 Å². The van der Waals surface area contributed by atoms with Crippen molar-refractivity contribution in [1.29, 1.82) is 0 Å². The molecule has 0 fully saturated rings. The molecule has 0 unspecified atom stereocenters. The molecule has 9 heteroatoms. The largest absolute Gasteiger partial charge is 0.314 e. The molecule has 0 radical (unpaired) electrons. The normalized spacial score (nSPS) is 18.3. The van der Waals surface area contributed by atoms with Crippen molar-refractivity contribution < 1.29 is 9.18 Å². The lowest BCUT2D eigenvalue weighted by Gasteiger charge is -2.42. The van der Waals surface area contributed by atoms with Crippen molar-refractivity contribution in [3.63, 3.8) is 0 Å². The van der Waals surface area contributed by atoms with Crippen LogP contribution in [0, 0.1) is 5.82 Å². The van der Waals surface area contributed by atoms with Gasteiger partial charge in [-0.15, -0.1) is 0 Å². The highest BCUT2D eigenvalue weighted by Gasteiger charge is 2.40. The highest BCUT2D eigenvalue weighted by molar-refractivity contribution is 6.09. The molecular formula is C23H22FN7O. The molecule has 3 aliphatic rings. The second kappa shape index (κ2) is 8.45. The van der Waals surface area contributed by atoms with Gasteiger partial charge in [-0.05, 0) is 28.8 Å². The number of guanidine groups is 1. The van der Waals surface area contributed by atoms with Gasteiger partial charge < -0.3 is 4.90 Å². The summed E-state index contributed by atoms with van der Waals surface area (Å²) >= 11 is 0. The minimum absolute atomic E-state index is 0.0513. The van der Waals surface area contributed by atoms with Gasteiger partial charge in [-0.1, -0.05) is 41.5 Å². The van der Waals surface area contributed by atoms with E-state index in [4.69, 9.17) is 5.53 Å². The third-order valence-electron chi connectivity index (χ3n) is 6.02. The van der Waals surface area contributed by atoms with Crippen LogP contribution in [-0.2, 0) is 17.9 Å². The first kappa shape index (κ1) is 20.2. The number of halogens is 1. The van der Waals surface area contributed by atoms with Crippen molar-refractivity contribution in [3.05, 3.63) is 87.2 Å². The number of fused-ring (bicyclic) bond motifs is 2. The molecule has 3 aliphatic heterocycles. The lowest BCUT2D eigenvalue weighted by molar-refractivity contribution is -0.125. The van der Waals surface area contributed by atoms with Crippen molar-refractivity contribution in [3.8, 4) is 0 Å². The van der Waals surface area contributed by atoms with Crippen LogP contribution in [0.1, 0.15) is 17.5 Å². The number of hydrogen-bond acceptors (Lipinski definition) is 5. The molecule has 0 saturated heterocycles. The number of carbonyl (C=O) groups is 1. The second-order valence-electron chi connectivity index (χ2n) is 8.10. The first-order chi connectivity index (χ1) is 15.6. The molecule has 0 spiro atoms. The highest BCUT2D eigenvalue weighted by Crippen LogP contribution is 2.32. The Morgan fingerprint density at radius 2 is 1.94 bits per heavy atom. The van der Waals surface area contributed by atoms with Gasteiger partial charge in [-0.2, -0.15) is 0 Å². The minimum atomic E-state index is -0.313. The van der Waals surface area contributed by atoms with Crippen LogP contribution >= 0.6 is 0 Å². The molecule has 0 bridgehead atoms. The average Bonchev–Trinajstić information content (AvgIpc) is 3.28. The van der Waals surface area contributed by atoms with Gasteiger partial charge in [0.15, 0.2) is 0 Å². The Morgan fingerprint density at radius 1 is 1.09 bits per heavy atom. The van der Waals surface area contributed by atoms with E-state index in [9.17, 15) is 9.18 Å². The van der Waals surface area contributed by atoms with Crippen molar-refractivity contribution >= 4 is 17.6 Å². The molecule has 5 rings (SSSR count). The van der Waals surface area contributed by atoms with Gasteiger partial charge in [0.05, 0.1) is 18.7 Å². The fraction of sp³-hybridized carbons (Fsp3) is 0.304. The molecular weight excluding hydrogens is 409 g/mol. The third-order valence-corrected chi connectivity index (χ3v) is 6.02. The molecule has 162 valence electrons. The Bertz CT molecular complexity index is 1170. The predicted molar refractivity (Wildman–Crippen MR) is 118 cm³/mol. The van der Waals surface area contributed by atoms with Crippen LogP contribution in [0.2, 0.25) is 0 Å². The molecule has 8 nitrogen and oxygen atoms in total. The number of benzene rings is 2. The number of carbonyl (C=O) groups excluding carboxylic acids is 1. The zero-order chi connectivity index (χ0) is 22.1. The summed E-state index contributed by atoms with van der Waals surface area (Å²) < 4.78 is 13.7. The first-order valence-electron chi connectivity index (χ1n) is 10.6. The molecule has 32 heavy (non-hydrogen) atoms. The van der Waals surface area contributed by atoms with E-state index in [0.29, 0.717) is 37.8 Å². The number of aliphatic imine (C=N–C) groups is 1. The second-order valence-corrected chi connectivity index (χ2v) is 8.10. The minimum Gasteiger partial charge on any atom is -0.314 e. The van der Waals surface area contributed by atoms with E-state index in [2.05, 4.69) is 24.8 Å². The molecule has 2 aromatic carbocycles. The van der Waals surface area contributed by atoms with Gasteiger partial charge in [-0.3, -0.25) is 19.6 Å². The molecule has 2 aromatic rings. The third kappa shape index (κ3) is 3.84. The summed E-state index contributed by atoms with van der Waals surface area (Å²) in [7, 11) is 0. The quantitative estimate of drug-likeness (QED) is 0.408. The van der Waals surface area contributed by atoms with Gasteiger partial charge in [0, 0.05) is 48.9 Å². The van der Waals surface area contributed by atoms with Gasteiger partial charge in [0.1, 0.15) is 5.82 Å². The average molecular weight is 431 g/mol. The topological polar surface area (TPSA) is 87.9 Å². The summed E-state index contributed by atoms with van der Waals surface area (Å²) in [5.74, 6) is 0.317. The van der Waals surface area contributed by atoms with Crippen molar-refractivity contribution in [2.45, 2.75) is 19.5 Å². The van der Waals surface area contributed by atoms with Gasteiger partial charge in [0.25, 0.3) is 5.91 Å². The van der Waals surface area contributed by atoms with Gasteiger partial charge in [-0.25, -0.2) is 4.39 Å². The summed E-state index contributed by atoms with van der Waals surface area (Å²) in [4.78, 5) is 27.0. The molecule has 3 heterocycles. The Morgan fingerprint density at radius 3 is 2.72 bits per heavy atom. The molecule has 0 aromatic heterocycles. The molecule has 0 atom stereocenters. The van der Waals surface area contributed by atoms with Crippen LogP contribution in [0.5, 0.6) is 0 Å². The van der Waals surface area contributed by atoms with Crippen LogP contribution in [-0.4, -0.2) is 52.7 Å². The highest BCUT2D eigenvalue weighted by atomic mass is 19.1. The standard InChI is InChI=1S/C23H22FN7O/c24-18-3-1-2-17(12-18)14-31-22(32)20-15-29(10-8-21(20)30-11-9-26-23(30)31)13-16-4-6-19(7-5-16)27-28-25/h1-7,12H,8-11,13-15H2. The summed E-state index contributed by atoms with van der Waals surface area (Å²) in [5, 5.41) is 3.61. The van der Waals surface area contributed by atoms with Gasteiger partial charge >= 0.3 is 0 Å². The van der Waals surface area contributed by atoms with Crippen LogP contribution in [0.15, 0.2) is 69.9 Å². The van der Waals surface area contributed by atoms with E-state index in [1.165, 1.54) is 12.1 Å². The van der Waals surface area contributed by atoms with E-state index in [1.54, 1.807) is 23.1 Å². The van der Waals surface area contributed by atoms with Crippen LogP contribution in [0.4, 0.5) is 10.1 Å². The number of nitrogens with zero attached hydrogens (tertiary/aromatic N) is 7. The van der Waals surface area contributed by atoms with Crippen LogP contribution < -0.4 is 0 Å². The fourth-order valence-corrected chi connectivity index (χ4v) is 4.55. The maximum atomic E-state index is 13.7. The number of hydrogen-bond donors (Lipinski definition) is 0. The molecule has 0 aliphatic carbocycles. The Kier molecular flexibility index (Phi) is 5.34. The van der Waals surface area contributed by atoms with E-state index in [0.717, 1.165) is 41.9 Å². The SMILES string of the molecule is [N-]=[N+]=Nc1ccc(CN2CCC3=C(C2)C(=O)N(Cc2cccc(F)c2)C2=NCCN23)cc1. The van der Waals surface area contributed by atoms with E-state index in [1.807, 2.05) is 18.2 Å². The summed E-state index contributed by atoms with van der Waals surface area (Å²) in [6.07, 6.45) is 0.782. The zero-order valence-corrected chi connectivity index (χ0v) is 17.5. The molecule has 1 amide bonds. The summed E-state index contributed by atoms with van der Waals surface area (Å²) in [6.45, 7) is 3.81. The Labute approximate surface area is 184 Å². The first-order valence-corrected chi connectivity index (χ1v) is 10.6. The fourth-order valence-electron chi connectivity index (χ4n) is 4.55. The van der Waals surface area contributed by atoms with E-state index < -0.39 is 0 Å². The maximum Gasteiger partial charge on any atom is 0.259 e.